The van der Waals surface area contributed by atoms with Crippen molar-refractivity contribution in [2.45, 2.75) is 207 Å². The standard InChI is InChI=1S/C28H28F6N2O2.C21H27NO3.C13H15N.C9H7F6N.C8H14O4.C8H12O4.2ClH/c29-27(30,31)20-13-18(14-21(15-20)28(32,33)34)16-35-25(37)24-6-5-22(17-38-24)36-11-9-26(10-12-36)8-7-19-3-1-2-4-23(19)26;1-2-24-20(23)19-8-7-17(15-25-19)22-13-11-21(12-14-22)10-9-16-5-3-4-6-18(16)21;1-2-4-12-11(3-1)5-6-13(12)7-9-14-10-8-13;10-8(11,12)6-1-5(4-16)2-7(3-6)9(13,14)15;2*1-2-11-8(10)7-4-3-6(9)5-12-7;;/h1-4,7-8,13-15,22,24H,5-6,9-12,16-17H2,(H,35,37);3-6,9-10,17,19H,2,7-8,11-15H2,1H3;1-6,14H,7-10H2;1-3H,4,16H2;6-7,9H,2-5H2,1H3;7H,2-5H2,1H3;2*1H. The zero-order valence-electron chi connectivity index (χ0n) is 66.6. The van der Waals surface area contributed by atoms with E-state index in [4.69, 9.17) is 44.0 Å². The molecule has 5 aromatic carbocycles. The summed E-state index contributed by atoms with van der Waals surface area (Å²) in [7, 11) is 0. The summed E-state index contributed by atoms with van der Waals surface area (Å²) in [5, 5.41) is 14.9. The van der Waals surface area contributed by atoms with Crippen molar-refractivity contribution in [1.82, 2.24) is 20.4 Å². The van der Waals surface area contributed by atoms with E-state index in [1.807, 2.05) is 13.0 Å². The number of carbonyl (C=O) groups is 5. The molecule has 10 aliphatic rings. The highest BCUT2D eigenvalue weighted by atomic mass is 35.5. The van der Waals surface area contributed by atoms with Crippen LogP contribution in [-0.2, 0) is 111 Å². The summed E-state index contributed by atoms with van der Waals surface area (Å²) in [5.41, 5.74) is 8.21. The van der Waals surface area contributed by atoms with Crippen LogP contribution in [0, 0.1) is 0 Å². The van der Waals surface area contributed by atoms with Crippen molar-refractivity contribution < 1.29 is 115 Å². The number of fused-ring (bicyclic) bond motifs is 6. The molecule has 7 fully saturated rings. The molecular weight excluding hydrogens is 1620 g/mol. The third-order valence-electron chi connectivity index (χ3n) is 23.0. The van der Waals surface area contributed by atoms with Gasteiger partial charge in [0.15, 0.2) is 24.1 Å². The third-order valence-corrected chi connectivity index (χ3v) is 23.0. The van der Waals surface area contributed by atoms with Crippen molar-refractivity contribution in [3.05, 3.63) is 194 Å². The lowest BCUT2D eigenvalue weighted by molar-refractivity contribution is -0.164. The van der Waals surface area contributed by atoms with E-state index in [-0.39, 0.29) is 114 Å². The van der Waals surface area contributed by atoms with Crippen LogP contribution in [-0.4, -0.2) is 173 Å². The Kier molecular flexibility index (Phi) is 35.2. The number of Topliss-reactive ketones (excluding diaryl/α,β-unsaturated/α-hetero) is 1. The van der Waals surface area contributed by atoms with Gasteiger partial charge in [-0.25, -0.2) is 14.4 Å². The largest absolute Gasteiger partial charge is 0.464 e. The lowest BCUT2D eigenvalue weighted by Gasteiger charge is -2.44. The zero-order valence-corrected chi connectivity index (χ0v) is 68.2. The van der Waals surface area contributed by atoms with Gasteiger partial charge >= 0.3 is 42.6 Å². The fourth-order valence-corrected chi connectivity index (χ4v) is 16.5. The maximum absolute atomic E-state index is 13.1. The quantitative estimate of drug-likeness (QED) is 0.0517. The number of alkyl halides is 12. The molecule has 18 nitrogen and oxygen atoms in total. The zero-order chi connectivity index (χ0) is 84.4. The third kappa shape index (κ3) is 25.9. The Balaban J connectivity index is 0.000000189. The fourth-order valence-electron chi connectivity index (χ4n) is 16.5. The molecule has 7 unspecified atom stereocenters. The van der Waals surface area contributed by atoms with Gasteiger partial charge in [0.05, 0.1) is 68.0 Å². The molecule has 0 bridgehead atoms. The summed E-state index contributed by atoms with van der Waals surface area (Å²) in [6.07, 6.45) is 3.67. The number of esters is 3. The number of nitrogens with zero attached hydrogens (tertiary/aromatic N) is 2. The van der Waals surface area contributed by atoms with Crippen LogP contribution in [0.2, 0.25) is 0 Å². The number of aliphatic hydroxyl groups excluding tert-OH is 1. The Morgan fingerprint density at radius 1 is 0.479 bits per heavy atom. The summed E-state index contributed by atoms with van der Waals surface area (Å²) in [4.78, 5) is 62.2. The Morgan fingerprint density at radius 3 is 1.17 bits per heavy atom. The number of hydrogen-bond acceptors (Lipinski definition) is 17. The highest BCUT2D eigenvalue weighted by molar-refractivity contribution is 5.86. The molecule has 0 saturated carbocycles. The first kappa shape index (κ1) is 96.7. The maximum atomic E-state index is 13.1. The van der Waals surface area contributed by atoms with Crippen molar-refractivity contribution >= 4 is 72.6 Å². The number of halogens is 14. The number of rotatable bonds is 12. The fraction of sp³-hybridized carbons (Fsp3) is 0.529. The monoisotopic (exact) mass is 1730 g/mol. The van der Waals surface area contributed by atoms with Gasteiger partial charge in [-0.2, -0.15) is 52.7 Å². The minimum absolute atomic E-state index is 0. The van der Waals surface area contributed by atoms with Gasteiger partial charge in [0.2, 0.25) is 5.91 Å². The lowest BCUT2D eigenvalue weighted by atomic mass is 9.74. The molecule has 7 atom stereocenters. The van der Waals surface area contributed by atoms with Crippen molar-refractivity contribution in [3.63, 3.8) is 0 Å². The van der Waals surface area contributed by atoms with E-state index < -0.39 is 83.8 Å². The predicted molar refractivity (Wildman–Crippen MR) is 427 cm³/mol. The van der Waals surface area contributed by atoms with E-state index in [1.54, 1.807) is 19.4 Å². The molecule has 7 aliphatic heterocycles. The van der Waals surface area contributed by atoms with E-state index in [0.717, 1.165) is 84.2 Å². The van der Waals surface area contributed by atoms with Gasteiger partial charge in [-0.1, -0.05) is 109 Å². The number of ketones is 1. The van der Waals surface area contributed by atoms with Gasteiger partial charge in [0, 0.05) is 47.8 Å². The molecule has 5 aromatic rings. The second kappa shape index (κ2) is 43.3. The Labute approximate surface area is 697 Å². The van der Waals surface area contributed by atoms with Gasteiger partial charge in [-0.05, 0) is 224 Å². The summed E-state index contributed by atoms with van der Waals surface area (Å²) in [6, 6.07) is 29.2. The van der Waals surface area contributed by atoms with Gasteiger partial charge < -0.3 is 54.6 Å². The van der Waals surface area contributed by atoms with Crippen LogP contribution in [0.15, 0.2) is 127 Å². The summed E-state index contributed by atoms with van der Waals surface area (Å²) >= 11 is 0. The lowest BCUT2D eigenvalue weighted by Crippen LogP contribution is -2.51. The molecule has 7 heterocycles. The van der Waals surface area contributed by atoms with Crippen LogP contribution in [0.25, 0.3) is 18.2 Å². The smallest absolute Gasteiger partial charge is 0.416 e. The molecule has 15 rings (SSSR count). The number of hydrogen-bond donors (Lipinski definition) is 4. The molecular formula is C87H105Cl2F12N5O13. The predicted octanol–water partition coefficient (Wildman–Crippen LogP) is 15.9. The van der Waals surface area contributed by atoms with Crippen molar-refractivity contribution in [1.29, 1.82) is 0 Å². The average molecular weight is 1730 g/mol. The number of allylic oxidation sites excluding steroid dienone is 3. The molecule has 654 valence electrons. The number of piperidine rings is 3. The number of nitrogens with two attached hydrogens (primary N) is 1. The van der Waals surface area contributed by atoms with E-state index >= 15 is 0 Å². The molecule has 5 N–H and O–H groups in total. The molecule has 0 radical (unpaired) electrons. The first-order valence-corrected chi connectivity index (χ1v) is 39.9. The number of carbonyl (C=O) groups excluding carboxylic acids is 5. The van der Waals surface area contributed by atoms with Crippen LogP contribution >= 0.6 is 24.8 Å². The number of nitrogens with one attached hydrogen (secondary N) is 2. The maximum Gasteiger partial charge on any atom is 0.416 e. The molecule has 7 saturated heterocycles. The molecule has 32 heteroatoms. The minimum atomic E-state index is -4.94. The number of likely N-dealkylation sites (tertiary alicyclic amines) is 2. The molecule has 3 aliphatic carbocycles. The molecule has 1 amide bonds. The minimum Gasteiger partial charge on any atom is -0.464 e. The van der Waals surface area contributed by atoms with E-state index in [0.29, 0.717) is 101 Å². The van der Waals surface area contributed by atoms with Crippen LogP contribution in [0.1, 0.15) is 177 Å². The average Bonchev–Trinajstić information content (AvgIpc) is 1.58. The molecule has 3 spiro atoms. The van der Waals surface area contributed by atoms with Crippen molar-refractivity contribution in [3.8, 4) is 0 Å². The van der Waals surface area contributed by atoms with Gasteiger partial charge in [0.1, 0.15) is 12.7 Å². The van der Waals surface area contributed by atoms with Crippen LogP contribution in [0.4, 0.5) is 52.7 Å². The van der Waals surface area contributed by atoms with Crippen LogP contribution in [0.3, 0.4) is 0 Å². The molecule has 0 aromatic heterocycles. The Hall–Kier alpha value is -7.75. The van der Waals surface area contributed by atoms with Gasteiger partial charge in [-0.15, -0.1) is 24.8 Å². The number of aliphatic hydroxyl groups is 1. The van der Waals surface area contributed by atoms with Gasteiger partial charge in [0.25, 0.3) is 0 Å². The topological polar surface area (TPSA) is 227 Å². The van der Waals surface area contributed by atoms with Crippen LogP contribution in [0.5, 0.6) is 0 Å². The Morgan fingerprint density at radius 2 is 0.832 bits per heavy atom. The second-order valence-electron chi connectivity index (χ2n) is 30.6. The first-order chi connectivity index (χ1) is 55.7. The van der Waals surface area contributed by atoms with Crippen molar-refractivity contribution in [2.75, 3.05) is 85.5 Å². The second-order valence-corrected chi connectivity index (χ2v) is 30.6. The highest BCUT2D eigenvalue weighted by Crippen LogP contribution is 2.48. The normalized spacial score (nSPS) is 23.2. The van der Waals surface area contributed by atoms with Crippen molar-refractivity contribution in [2.24, 2.45) is 5.73 Å². The van der Waals surface area contributed by atoms with E-state index in [9.17, 15) is 76.7 Å². The van der Waals surface area contributed by atoms with E-state index in [1.165, 1.54) is 40.7 Å². The summed E-state index contributed by atoms with van der Waals surface area (Å²) in [6.45, 7) is 13.2. The van der Waals surface area contributed by atoms with Gasteiger partial charge in [-0.3, -0.25) is 19.4 Å². The van der Waals surface area contributed by atoms with Crippen LogP contribution < -0.4 is 16.4 Å². The summed E-state index contributed by atoms with van der Waals surface area (Å²) in [5.74, 6) is -1.36. The SMILES string of the molecule is C1=CC2(CCNCC2)c2ccccc21.CCOC(=O)C1CCC(=O)CO1.CCOC(=O)C1CCC(N2CCC3(C=Cc4ccccc43)CC2)CO1.CCOC(=O)C1CCC(O)CO1.Cl.Cl.NCc1cc(C(F)(F)F)cc(C(F)(F)F)c1.O=C(NCc1cc(C(F)(F)F)cc(C(F)(F)F)c1)C1CCC(N2CCC3(C=Cc4ccccc43)CC2)CO1. The number of ether oxygens (including phenoxy) is 7. The van der Waals surface area contributed by atoms with E-state index in [2.05, 4.69) is 124 Å². The number of benzene rings is 5. The summed E-state index contributed by atoms with van der Waals surface area (Å²) < 4.78 is 188. The number of amides is 1. The first-order valence-electron chi connectivity index (χ1n) is 39.9. The Bertz CT molecular complexity index is 4170. The molecule has 119 heavy (non-hydrogen) atoms. The highest BCUT2D eigenvalue weighted by Gasteiger charge is 2.45.